The number of amides is 2. The van der Waals surface area contributed by atoms with Crippen LogP contribution in [-0.2, 0) is 16.0 Å². The van der Waals surface area contributed by atoms with Gasteiger partial charge in [0.05, 0.1) is 5.94 Å². The summed E-state index contributed by atoms with van der Waals surface area (Å²) in [5.41, 5.74) is 0.351. The molecule has 0 unspecified atom stereocenters. The zero-order valence-corrected chi connectivity index (χ0v) is 14.3. The van der Waals surface area contributed by atoms with Gasteiger partial charge in [-0.2, -0.15) is 0 Å². The van der Waals surface area contributed by atoms with Crippen LogP contribution in [0, 0.1) is 5.41 Å². The summed E-state index contributed by atoms with van der Waals surface area (Å²) in [4.78, 5) is 25.2. The van der Waals surface area contributed by atoms with Gasteiger partial charge in [-0.05, 0) is 37.0 Å². The smallest absolute Gasteiger partial charge is 0.426 e. The van der Waals surface area contributed by atoms with Crippen molar-refractivity contribution in [3.8, 4) is 0 Å². The fraction of sp³-hybridized carbons (Fsp3) is 0.263. The number of hydrogen-bond donors (Lipinski definition) is 4. The Kier molecular flexibility index (Phi) is 5.39. The van der Waals surface area contributed by atoms with Crippen LogP contribution in [0.1, 0.15) is 18.4 Å². The highest BCUT2D eigenvalue weighted by atomic mass is 16.4. The van der Waals surface area contributed by atoms with Gasteiger partial charge in [0.25, 0.3) is 0 Å². The number of hydrogen-bond acceptors (Lipinski definition) is 4. The van der Waals surface area contributed by atoms with Crippen molar-refractivity contribution in [1.82, 2.24) is 5.32 Å². The molecule has 7 heteroatoms. The highest BCUT2D eigenvalue weighted by Gasteiger charge is 2.57. The summed E-state index contributed by atoms with van der Waals surface area (Å²) in [6.07, 6.45) is 1.15. The Morgan fingerprint density at radius 3 is 2.08 bits per heavy atom. The Labute approximate surface area is 152 Å². The molecule has 1 aliphatic carbocycles. The van der Waals surface area contributed by atoms with E-state index in [4.69, 9.17) is 0 Å². The molecular weight excluding hydrogens is 331 g/mol. The van der Waals surface area contributed by atoms with E-state index in [-0.39, 0.29) is 12.3 Å². The van der Waals surface area contributed by atoms with Crippen molar-refractivity contribution in [2.45, 2.75) is 25.2 Å². The SMILES string of the molecule is O=C(Nc1ccccc1)C1(C(=O)N[C@@H](Cc2ccccc2)B(O)O)CC1. The van der Waals surface area contributed by atoms with Gasteiger partial charge in [-0.1, -0.05) is 48.5 Å². The van der Waals surface area contributed by atoms with Crippen LogP contribution in [0.25, 0.3) is 0 Å². The predicted octanol–water partition coefficient (Wildman–Crippen LogP) is 1.14. The average Bonchev–Trinajstić information content (AvgIpc) is 3.45. The average molecular weight is 352 g/mol. The summed E-state index contributed by atoms with van der Waals surface area (Å²) < 4.78 is 0. The summed E-state index contributed by atoms with van der Waals surface area (Å²) >= 11 is 0. The van der Waals surface area contributed by atoms with Crippen molar-refractivity contribution >= 4 is 24.6 Å². The van der Waals surface area contributed by atoms with Crippen molar-refractivity contribution in [3.05, 3.63) is 66.2 Å². The quantitative estimate of drug-likeness (QED) is 0.444. The first kappa shape index (κ1) is 18.2. The molecule has 3 rings (SSSR count). The first-order valence-electron chi connectivity index (χ1n) is 8.59. The summed E-state index contributed by atoms with van der Waals surface area (Å²) in [7, 11) is -1.72. The van der Waals surface area contributed by atoms with Gasteiger partial charge in [-0.15, -0.1) is 0 Å². The molecular formula is C19H21BN2O4. The van der Waals surface area contributed by atoms with E-state index in [1.165, 1.54) is 0 Å². The molecule has 1 saturated carbocycles. The third-order valence-corrected chi connectivity index (χ3v) is 4.63. The third kappa shape index (κ3) is 4.12. The molecule has 0 spiro atoms. The van der Waals surface area contributed by atoms with Crippen LogP contribution >= 0.6 is 0 Å². The van der Waals surface area contributed by atoms with Gasteiger partial charge in [-0.3, -0.25) is 9.59 Å². The maximum Gasteiger partial charge on any atom is 0.475 e. The molecule has 0 bridgehead atoms. The van der Waals surface area contributed by atoms with Gasteiger partial charge in [0.15, 0.2) is 0 Å². The molecule has 2 aromatic carbocycles. The second-order valence-electron chi connectivity index (χ2n) is 6.59. The van der Waals surface area contributed by atoms with Gasteiger partial charge in [0, 0.05) is 5.69 Å². The zero-order valence-electron chi connectivity index (χ0n) is 14.3. The van der Waals surface area contributed by atoms with Gasteiger partial charge < -0.3 is 20.7 Å². The van der Waals surface area contributed by atoms with Gasteiger partial charge in [0.1, 0.15) is 5.41 Å². The lowest BCUT2D eigenvalue weighted by Gasteiger charge is -2.22. The Bertz CT molecular complexity index is 764. The summed E-state index contributed by atoms with van der Waals surface area (Å²) in [6, 6.07) is 18.2. The predicted molar refractivity (Wildman–Crippen MR) is 99.0 cm³/mol. The molecule has 0 aliphatic heterocycles. The van der Waals surface area contributed by atoms with Gasteiger partial charge in [-0.25, -0.2) is 0 Å². The van der Waals surface area contributed by atoms with E-state index in [9.17, 15) is 19.6 Å². The molecule has 6 nitrogen and oxygen atoms in total. The van der Waals surface area contributed by atoms with E-state index in [1.54, 1.807) is 24.3 Å². The normalized spacial score (nSPS) is 15.6. The van der Waals surface area contributed by atoms with Gasteiger partial charge in [0.2, 0.25) is 11.8 Å². The first-order chi connectivity index (χ1) is 12.5. The van der Waals surface area contributed by atoms with Crippen LogP contribution in [0.5, 0.6) is 0 Å². The Balaban J connectivity index is 1.66. The van der Waals surface area contributed by atoms with E-state index >= 15 is 0 Å². The third-order valence-electron chi connectivity index (χ3n) is 4.63. The largest absolute Gasteiger partial charge is 0.475 e. The van der Waals surface area contributed by atoms with E-state index in [2.05, 4.69) is 10.6 Å². The van der Waals surface area contributed by atoms with Crippen molar-refractivity contribution in [3.63, 3.8) is 0 Å². The molecule has 0 heterocycles. The number of benzene rings is 2. The van der Waals surface area contributed by atoms with Gasteiger partial charge >= 0.3 is 7.12 Å². The summed E-state index contributed by atoms with van der Waals surface area (Å²) in [5, 5.41) is 24.6. The monoisotopic (exact) mass is 352 g/mol. The molecule has 4 N–H and O–H groups in total. The highest BCUT2D eigenvalue weighted by molar-refractivity contribution is 6.43. The number of anilines is 1. The first-order valence-corrected chi connectivity index (χ1v) is 8.59. The van der Waals surface area contributed by atoms with E-state index in [0.717, 1.165) is 5.56 Å². The number of para-hydroxylation sites is 1. The molecule has 0 radical (unpaired) electrons. The van der Waals surface area contributed by atoms with Crippen molar-refractivity contribution in [2.24, 2.45) is 5.41 Å². The van der Waals surface area contributed by atoms with E-state index in [0.29, 0.717) is 18.5 Å². The van der Waals surface area contributed by atoms with Crippen LogP contribution in [0.3, 0.4) is 0 Å². The number of carbonyl (C=O) groups excluding carboxylic acids is 2. The van der Waals surface area contributed by atoms with Crippen molar-refractivity contribution in [2.75, 3.05) is 5.32 Å². The minimum absolute atomic E-state index is 0.265. The van der Waals surface area contributed by atoms with E-state index in [1.807, 2.05) is 36.4 Å². The number of rotatable bonds is 7. The number of carbonyl (C=O) groups is 2. The molecule has 1 atom stereocenters. The lowest BCUT2D eigenvalue weighted by Crippen LogP contribution is -2.52. The van der Waals surface area contributed by atoms with Crippen LogP contribution in [0.15, 0.2) is 60.7 Å². The standard InChI is InChI=1S/C19H21BN2O4/c23-17(21-15-9-5-2-6-10-15)19(11-12-19)18(24)22-16(20(25)26)13-14-7-3-1-4-8-14/h1-10,16,25-26H,11-13H2,(H,21,23)(H,22,24)/t16-/m0/s1. The Morgan fingerprint density at radius 2 is 1.54 bits per heavy atom. The molecule has 2 aromatic rings. The van der Waals surface area contributed by atoms with Crippen LogP contribution in [-0.4, -0.2) is 34.9 Å². The van der Waals surface area contributed by atoms with Crippen molar-refractivity contribution < 1.29 is 19.6 Å². The topological polar surface area (TPSA) is 98.7 Å². The minimum Gasteiger partial charge on any atom is -0.426 e. The molecule has 134 valence electrons. The molecule has 0 saturated heterocycles. The second kappa shape index (κ2) is 7.72. The lowest BCUT2D eigenvalue weighted by atomic mass is 9.75. The summed E-state index contributed by atoms with van der Waals surface area (Å²) in [6.45, 7) is 0. The highest BCUT2D eigenvalue weighted by Crippen LogP contribution is 2.47. The Hall–Kier alpha value is -2.64. The molecule has 2 amide bonds. The minimum atomic E-state index is -1.72. The van der Waals surface area contributed by atoms with E-state index < -0.39 is 24.4 Å². The van der Waals surface area contributed by atoms with Crippen LogP contribution in [0.2, 0.25) is 0 Å². The molecule has 26 heavy (non-hydrogen) atoms. The Morgan fingerprint density at radius 1 is 0.962 bits per heavy atom. The maximum atomic E-state index is 12.7. The number of nitrogens with one attached hydrogen (secondary N) is 2. The molecule has 0 aromatic heterocycles. The zero-order chi connectivity index (χ0) is 18.6. The van der Waals surface area contributed by atoms with Crippen molar-refractivity contribution in [1.29, 1.82) is 0 Å². The fourth-order valence-corrected chi connectivity index (χ4v) is 2.86. The lowest BCUT2D eigenvalue weighted by molar-refractivity contribution is -0.134. The maximum absolute atomic E-state index is 12.7. The van der Waals surface area contributed by atoms with Crippen LogP contribution in [0.4, 0.5) is 5.69 Å². The summed E-state index contributed by atoms with van der Waals surface area (Å²) in [5.74, 6) is -1.72. The van der Waals surface area contributed by atoms with Crippen LogP contribution < -0.4 is 10.6 Å². The second-order valence-corrected chi connectivity index (χ2v) is 6.59. The molecule has 1 aliphatic rings. The fourth-order valence-electron chi connectivity index (χ4n) is 2.86. The molecule has 1 fully saturated rings.